The maximum Gasteiger partial charge on any atom is 0.143 e. The molecule has 0 saturated carbocycles. The normalized spacial score (nSPS) is 11.1. The molecule has 0 saturated heterocycles. The lowest BCUT2D eigenvalue weighted by molar-refractivity contribution is 0.622. The standard InChI is InChI=1S/C10H8FN4/c1-2-3-8-4-5-9(6-10(8)11)15-7-12-13-14-15/h2-7H,1H2/b3-2+. The predicted octanol–water partition coefficient (Wildman–Crippen LogP) is 1.65. The van der Waals surface area contributed by atoms with Crippen molar-refractivity contribution in [2.45, 2.75) is 0 Å². The highest BCUT2D eigenvalue weighted by Crippen LogP contribution is 2.14. The Morgan fingerprint density at radius 2 is 2.27 bits per heavy atom. The van der Waals surface area contributed by atoms with E-state index in [2.05, 4.69) is 22.4 Å². The third-order valence-electron chi connectivity index (χ3n) is 1.90. The van der Waals surface area contributed by atoms with Gasteiger partial charge in [0, 0.05) is 11.6 Å². The van der Waals surface area contributed by atoms with Gasteiger partial charge < -0.3 is 0 Å². The number of aromatic nitrogens is 4. The van der Waals surface area contributed by atoms with Gasteiger partial charge in [0.1, 0.15) is 12.1 Å². The molecule has 4 nitrogen and oxygen atoms in total. The van der Waals surface area contributed by atoms with E-state index in [0.29, 0.717) is 11.3 Å². The number of hydrogen-bond acceptors (Lipinski definition) is 3. The Hall–Kier alpha value is -2.04. The van der Waals surface area contributed by atoms with Crippen LogP contribution in [0.15, 0.2) is 30.6 Å². The highest BCUT2D eigenvalue weighted by Gasteiger charge is 2.02. The molecule has 1 radical (unpaired) electrons. The number of rotatable bonds is 2. The van der Waals surface area contributed by atoms with Crippen molar-refractivity contribution in [3.63, 3.8) is 0 Å². The van der Waals surface area contributed by atoms with E-state index >= 15 is 0 Å². The van der Waals surface area contributed by atoms with Crippen molar-refractivity contribution in [1.82, 2.24) is 20.2 Å². The second-order valence-electron chi connectivity index (χ2n) is 2.86. The zero-order chi connectivity index (χ0) is 10.7. The van der Waals surface area contributed by atoms with Gasteiger partial charge in [-0.1, -0.05) is 12.2 Å². The van der Waals surface area contributed by atoms with E-state index in [0.717, 1.165) is 0 Å². The highest BCUT2D eigenvalue weighted by atomic mass is 19.1. The minimum Gasteiger partial charge on any atom is -0.206 e. The van der Waals surface area contributed by atoms with Gasteiger partial charge in [0.25, 0.3) is 0 Å². The summed E-state index contributed by atoms with van der Waals surface area (Å²) in [5.41, 5.74) is 1.07. The smallest absolute Gasteiger partial charge is 0.143 e. The number of halogens is 1. The first kappa shape index (κ1) is 9.51. The summed E-state index contributed by atoms with van der Waals surface area (Å²) in [6, 6.07) is 4.74. The molecule has 1 aromatic carbocycles. The maximum atomic E-state index is 13.5. The highest BCUT2D eigenvalue weighted by molar-refractivity contribution is 5.52. The average molecular weight is 203 g/mol. The molecule has 2 aromatic rings. The summed E-state index contributed by atoms with van der Waals surface area (Å²) in [7, 11) is 0. The minimum atomic E-state index is -0.331. The zero-order valence-electron chi connectivity index (χ0n) is 7.84. The van der Waals surface area contributed by atoms with E-state index in [-0.39, 0.29) is 5.82 Å². The van der Waals surface area contributed by atoms with Gasteiger partial charge in [0.05, 0.1) is 5.69 Å². The maximum absolute atomic E-state index is 13.5. The van der Waals surface area contributed by atoms with Crippen molar-refractivity contribution in [3.8, 4) is 5.69 Å². The van der Waals surface area contributed by atoms with Crippen LogP contribution in [0.4, 0.5) is 4.39 Å². The first-order chi connectivity index (χ1) is 7.31. The molecule has 1 aromatic heterocycles. The summed E-state index contributed by atoms with van der Waals surface area (Å²) < 4.78 is 14.9. The number of tetrazole rings is 1. The predicted molar refractivity (Wildman–Crippen MR) is 53.5 cm³/mol. The van der Waals surface area contributed by atoms with Gasteiger partial charge in [-0.05, 0) is 29.5 Å². The molecule has 0 amide bonds. The van der Waals surface area contributed by atoms with Crippen molar-refractivity contribution in [1.29, 1.82) is 0 Å². The number of hydrogen-bond donors (Lipinski definition) is 0. The molecule has 0 aliphatic carbocycles. The summed E-state index contributed by atoms with van der Waals surface area (Å²) in [4.78, 5) is 0. The van der Waals surface area contributed by atoms with Crippen LogP contribution in [0, 0.1) is 12.7 Å². The van der Waals surface area contributed by atoms with Gasteiger partial charge in [0.2, 0.25) is 0 Å². The van der Waals surface area contributed by atoms with E-state index in [4.69, 9.17) is 0 Å². The molecule has 0 spiro atoms. The van der Waals surface area contributed by atoms with Gasteiger partial charge in [-0.3, -0.25) is 0 Å². The fourth-order valence-corrected chi connectivity index (χ4v) is 1.20. The molecule has 0 atom stereocenters. The van der Waals surface area contributed by atoms with Crippen LogP contribution in [0.2, 0.25) is 0 Å². The molecule has 1 heterocycles. The molecular formula is C10H8FN4. The van der Waals surface area contributed by atoms with E-state index in [1.54, 1.807) is 18.2 Å². The van der Waals surface area contributed by atoms with Crippen LogP contribution in [0.25, 0.3) is 11.8 Å². The van der Waals surface area contributed by atoms with Gasteiger partial charge >= 0.3 is 0 Å². The Morgan fingerprint density at radius 1 is 1.40 bits per heavy atom. The SMILES string of the molecule is [CH2]/C=C/c1ccc(-n2cnnn2)cc1F. The number of allylic oxidation sites excluding steroid dienone is 1. The fourth-order valence-electron chi connectivity index (χ4n) is 1.20. The molecule has 0 unspecified atom stereocenters. The molecule has 0 aliphatic heterocycles. The van der Waals surface area contributed by atoms with Crippen LogP contribution in [0.3, 0.4) is 0 Å². The second kappa shape index (κ2) is 4.00. The topological polar surface area (TPSA) is 43.6 Å². The first-order valence-corrected chi connectivity index (χ1v) is 4.30. The van der Waals surface area contributed by atoms with Crippen LogP contribution < -0.4 is 0 Å². The molecule has 5 heteroatoms. The fraction of sp³-hybridized carbons (Fsp3) is 0. The Morgan fingerprint density at radius 3 is 2.87 bits per heavy atom. The van der Waals surface area contributed by atoms with Crippen molar-refractivity contribution in [2.24, 2.45) is 0 Å². The third-order valence-corrected chi connectivity index (χ3v) is 1.90. The Labute approximate surface area is 86.0 Å². The Bertz CT molecular complexity index is 476. The van der Waals surface area contributed by atoms with Crippen molar-refractivity contribution in [2.75, 3.05) is 0 Å². The lowest BCUT2D eigenvalue weighted by Crippen LogP contribution is -1.96. The molecule has 75 valence electrons. The van der Waals surface area contributed by atoms with Gasteiger partial charge in [-0.2, -0.15) is 0 Å². The van der Waals surface area contributed by atoms with Gasteiger partial charge in [-0.15, -0.1) is 5.10 Å². The van der Waals surface area contributed by atoms with Crippen LogP contribution in [-0.4, -0.2) is 20.2 Å². The van der Waals surface area contributed by atoms with Crippen molar-refractivity contribution in [3.05, 3.63) is 48.9 Å². The van der Waals surface area contributed by atoms with E-state index in [1.807, 2.05) is 0 Å². The number of benzene rings is 1. The lowest BCUT2D eigenvalue weighted by atomic mass is 10.2. The summed E-state index contributed by atoms with van der Waals surface area (Å²) in [5.74, 6) is -0.331. The quantitative estimate of drug-likeness (QED) is 0.745. The zero-order valence-corrected chi connectivity index (χ0v) is 7.84. The monoisotopic (exact) mass is 203 g/mol. The lowest BCUT2D eigenvalue weighted by Gasteiger charge is -2.01. The van der Waals surface area contributed by atoms with Crippen LogP contribution in [0.5, 0.6) is 0 Å². The van der Waals surface area contributed by atoms with Crippen LogP contribution in [-0.2, 0) is 0 Å². The third kappa shape index (κ3) is 1.90. The van der Waals surface area contributed by atoms with Gasteiger partial charge in [0.15, 0.2) is 0 Å². The molecule has 0 N–H and O–H groups in total. The molecule has 0 aliphatic rings. The molecular weight excluding hydrogens is 195 g/mol. The molecule has 0 bridgehead atoms. The number of nitrogens with zero attached hydrogens (tertiary/aromatic N) is 4. The largest absolute Gasteiger partial charge is 0.206 e. The van der Waals surface area contributed by atoms with E-state index in [9.17, 15) is 4.39 Å². The van der Waals surface area contributed by atoms with Crippen LogP contribution in [0.1, 0.15) is 5.56 Å². The second-order valence-corrected chi connectivity index (χ2v) is 2.86. The first-order valence-electron chi connectivity index (χ1n) is 4.30. The van der Waals surface area contributed by atoms with Crippen molar-refractivity contribution >= 4 is 6.08 Å². The Kier molecular flexibility index (Phi) is 2.53. The minimum absolute atomic E-state index is 0.331. The summed E-state index contributed by atoms with van der Waals surface area (Å²) in [6.45, 7) is 3.51. The average Bonchev–Trinajstić information content (AvgIpc) is 2.74. The summed E-state index contributed by atoms with van der Waals surface area (Å²) in [6.07, 6.45) is 4.54. The molecule has 2 rings (SSSR count). The Balaban J connectivity index is 2.42. The summed E-state index contributed by atoms with van der Waals surface area (Å²) >= 11 is 0. The van der Waals surface area contributed by atoms with E-state index in [1.165, 1.54) is 23.2 Å². The summed E-state index contributed by atoms with van der Waals surface area (Å²) in [5, 5.41) is 10.6. The van der Waals surface area contributed by atoms with Crippen LogP contribution >= 0.6 is 0 Å². The molecule has 0 fully saturated rings. The van der Waals surface area contributed by atoms with E-state index < -0.39 is 0 Å². The molecule has 15 heavy (non-hydrogen) atoms. The van der Waals surface area contributed by atoms with Crippen molar-refractivity contribution < 1.29 is 4.39 Å². The van der Waals surface area contributed by atoms with Gasteiger partial charge in [-0.25, -0.2) is 9.07 Å².